The smallest absolute Gasteiger partial charge is 0.323 e. The standard InChI is InChI=1S/C21H14ClF3N4S/c22-18-10-16(30-15-4-2-1-3-5-15)11-19(26-18)27-20-12-17(28-29-20)13-6-8-14(9-7-13)21(23,24)25/h1-12H,(H2,26,27,28,29). The lowest BCUT2D eigenvalue weighted by atomic mass is 10.1. The van der Waals surface area contributed by atoms with Gasteiger partial charge in [-0.3, -0.25) is 5.10 Å². The van der Waals surface area contributed by atoms with E-state index in [-0.39, 0.29) is 0 Å². The maximum absolute atomic E-state index is 12.7. The van der Waals surface area contributed by atoms with Crippen LogP contribution >= 0.6 is 23.4 Å². The van der Waals surface area contributed by atoms with Gasteiger partial charge in [-0.15, -0.1) is 0 Å². The van der Waals surface area contributed by atoms with Gasteiger partial charge in [-0.05, 0) is 42.0 Å². The Kier molecular flexibility index (Phi) is 5.69. The quantitative estimate of drug-likeness (QED) is 0.323. The first-order chi connectivity index (χ1) is 14.4. The van der Waals surface area contributed by atoms with Gasteiger partial charge in [-0.1, -0.05) is 53.7 Å². The van der Waals surface area contributed by atoms with Gasteiger partial charge in [-0.2, -0.15) is 18.3 Å². The number of pyridine rings is 1. The number of benzene rings is 2. The van der Waals surface area contributed by atoms with Crippen LogP contribution in [0, 0.1) is 0 Å². The molecule has 0 saturated carbocycles. The van der Waals surface area contributed by atoms with E-state index in [1.54, 1.807) is 23.9 Å². The molecule has 0 atom stereocenters. The first-order valence-corrected chi connectivity index (χ1v) is 9.97. The number of hydrogen-bond donors (Lipinski definition) is 2. The number of nitrogens with one attached hydrogen (secondary N) is 2. The fourth-order valence-electron chi connectivity index (χ4n) is 2.72. The van der Waals surface area contributed by atoms with Crippen molar-refractivity contribution in [2.75, 3.05) is 5.32 Å². The van der Waals surface area contributed by atoms with Gasteiger partial charge in [0.05, 0.1) is 11.3 Å². The molecule has 4 rings (SSSR count). The van der Waals surface area contributed by atoms with E-state index in [4.69, 9.17) is 11.6 Å². The van der Waals surface area contributed by atoms with Crippen LogP contribution in [0.25, 0.3) is 11.3 Å². The Morgan fingerprint density at radius 1 is 0.867 bits per heavy atom. The van der Waals surface area contributed by atoms with E-state index in [1.165, 1.54) is 12.1 Å². The molecule has 0 bridgehead atoms. The summed E-state index contributed by atoms with van der Waals surface area (Å²) >= 11 is 7.70. The molecule has 2 aromatic carbocycles. The van der Waals surface area contributed by atoms with Gasteiger partial charge in [0.25, 0.3) is 0 Å². The number of aromatic nitrogens is 3. The zero-order valence-corrected chi connectivity index (χ0v) is 16.8. The molecule has 2 heterocycles. The molecule has 9 heteroatoms. The summed E-state index contributed by atoms with van der Waals surface area (Å²) in [5.41, 5.74) is 0.464. The molecule has 0 unspecified atom stereocenters. The number of halogens is 4. The molecule has 0 saturated heterocycles. The summed E-state index contributed by atoms with van der Waals surface area (Å²) < 4.78 is 38.2. The molecule has 4 aromatic rings. The van der Waals surface area contributed by atoms with Crippen LogP contribution in [-0.2, 0) is 6.18 Å². The molecular formula is C21H14ClF3N4S. The minimum atomic E-state index is -4.37. The second-order valence-electron chi connectivity index (χ2n) is 6.29. The van der Waals surface area contributed by atoms with Gasteiger partial charge in [0.1, 0.15) is 11.0 Å². The SMILES string of the molecule is FC(F)(F)c1ccc(-c2cc(Nc3cc(Sc4ccccc4)cc(Cl)n3)n[nH]2)cc1. The van der Waals surface area contributed by atoms with Crippen molar-refractivity contribution < 1.29 is 13.2 Å². The van der Waals surface area contributed by atoms with E-state index in [0.29, 0.717) is 28.0 Å². The van der Waals surface area contributed by atoms with Crippen LogP contribution in [0.2, 0.25) is 5.15 Å². The highest BCUT2D eigenvalue weighted by Crippen LogP contribution is 2.33. The van der Waals surface area contributed by atoms with Crippen LogP contribution < -0.4 is 5.32 Å². The highest BCUT2D eigenvalue weighted by molar-refractivity contribution is 7.99. The van der Waals surface area contributed by atoms with Crippen molar-refractivity contribution in [1.29, 1.82) is 0 Å². The molecule has 0 fully saturated rings. The normalized spacial score (nSPS) is 11.5. The van der Waals surface area contributed by atoms with Crippen LogP contribution in [0.3, 0.4) is 0 Å². The summed E-state index contributed by atoms with van der Waals surface area (Å²) in [6.07, 6.45) is -4.37. The number of alkyl halides is 3. The number of hydrogen-bond acceptors (Lipinski definition) is 4. The predicted octanol–water partition coefficient (Wildman–Crippen LogP) is 7.04. The summed E-state index contributed by atoms with van der Waals surface area (Å²) in [5, 5.41) is 10.4. The number of nitrogens with zero attached hydrogens (tertiary/aromatic N) is 2. The molecule has 30 heavy (non-hydrogen) atoms. The van der Waals surface area contributed by atoms with Crippen molar-refractivity contribution in [3.05, 3.63) is 83.5 Å². The van der Waals surface area contributed by atoms with Crippen molar-refractivity contribution in [1.82, 2.24) is 15.2 Å². The van der Waals surface area contributed by atoms with Crippen LogP contribution in [0.5, 0.6) is 0 Å². The lowest BCUT2D eigenvalue weighted by Crippen LogP contribution is -2.03. The van der Waals surface area contributed by atoms with Gasteiger partial charge in [0.15, 0.2) is 5.82 Å². The van der Waals surface area contributed by atoms with Crippen molar-refractivity contribution in [3.63, 3.8) is 0 Å². The second kappa shape index (κ2) is 8.41. The molecule has 152 valence electrons. The largest absolute Gasteiger partial charge is 0.416 e. The van der Waals surface area contributed by atoms with Crippen molar-refractivity contribution in [2.24, 2.45) is 0 Å². The predicted molar refractivity (Wildman–Crippen MR) is 112 cm³/mol. The third-order valence-corrected chi connectivity index (χ3v) is 5.28. The number of anilines is 2. The lowest BCUT2D eigenvalue weighted by molar-refractivity contribution is -0.137. The molecule has 0 aliphatic carbocycles. The molecule has 0 aliphatic heterocycles. The summed E-state index contributed by atoms with van der Waals surface area (Å²) in [4.78, 5) is 6.22. The topological polar surface area (TPSA) is 53.6 Å². The van der Waals surface area contributed by atoms with Crippen LogP contribution in [0.1, 0.15) is 5.56 Å². The van der Waals surface area contributed by atoms with E-state index < -0.39 is 11.7 Å². The Bertz CT molecular complexity index is 1150. The molecule has 2 N–H and O–H groups in total. The van der Waals surface area contributed by atoms with Crippen molar-refractivity contribution in [2.45, 2.75) is 16.0 Å². The second-order valence-corrected chi connectivity index (χ2v) is 7.83. The Morgan fingerprint density at radius 2 is 1.60 bits per heavy atom. The molecule has 2 aromatic heterocycles. The molecule has 0 aliphatic rings. The highest BCUT2D eigenvalue weighted by Gasteiger charge is 2.30. The average molecular weight is 447 g/mol. The Balaban J connectivity index is 1.51. The van der Waals surface area contributed by atoms with Crippen LogP contribution in [0.15, 0.2) is 82.6 Å². The first-order valence-electron chi connectivity index (χ1n) is 8.77. The zero-order chi connectivity index (χ0) is 21.1. The van der Waals surface area contributed by atoms with Gasteiger partial charge in [-0.25, -0.2) is 4.98 Å². The maximum Gasteiger partial charge on any atom is 0.416 e. The minimum absolute atomic E-state index is 0.330. The Morgan fingerprint density at radius 3 is 2.30 bits per heavy atom. The number of H-pyrrole nitrogens is 1. The number of rotatable bonds is 5. The Hall–Kier alpha value is -2.97. The highest BCUT2D eigenvalue weighted by atomic mass is 35.5. The monoisotopic (exact) mass is 446 g/mol. The van der Waals surface area contributed by atoms with E-state index in [2.05, 4.69) is 20.5 Å². The summed E-state index contributed by atoms with van der Waals surface area (Å²) in [7, 11) is 0. The molecule has 0 radical (unpaired) electrons. The van der Waals surface area contributed by atoms with Gasteiger partial charge < -0.3 is 5.32 Å². The van der Waals surface area contributed by atoms with Gasteiger partial charge in [0, 0.05) is 15.9 Å². The van der Waals surface area contributed by atoms with Gasteiger partial charge in [0.2, 0.25) is 0 Å². The van der Waals surface area contributed by atoms with E-state index in [1.807, 2.05) is 36.4 Å². The molecule has 4 nitrogen and oxygen atoms in total. The van der Waals surface area contributed by atoms with E-state index in [0.717, 1.165) is 21.9 Å². The molecule has 0 spiro atoms. The summed E-state index contributed by atoms with van der Waals surface area (Å²) in [6.45, 7) is 0. The van der Waals surface area contributed by atoms with Crippen molar-refractivity contribution >= 4 is 35.0 Å². The maximum atomic E-state index is 12.7. The first kappa shape index (κ1) is 20.3. The fourth-order valence-corrected chi connectivity index (χ4v) is 3.90. The third-order valence-electron chi connectivity index (χ3n) is 4.10. The van der Waals surface area contributed by atoms with Gasteiger partial charge >= 0.3 is 6.18 Å². The average Bonchev–Trinajstić information content (AvgIpc) is 3.16. The molecular weight excluding hydrogens is 433 g/mol. The molecule has 0 amide bonds. The minimum Gasteiger partial charge on any atom is -0.323 e. The van der Waals surface area contributed by atoms with E-state index in [9.17, 15) is 13.2 Å². The summed E-state index contributed by atoms with van der Waals surface area (Å²) in [5.74, 6) is 0.974. The Labute approximate surface area is 179 Å². The number of aromatic amines is 1. The van der Waals surface area contributed by atoms with Crippen LogP contribution in [-0.4, -0.2) is 15.2 Å². The zero-order valence-electron chi connectivity index (χ0n) is 15.2. The summed E-state index contributed by atoms with van der Waals surface area (Å²) in [6, 6.07) is 20.0. The van der Waals surface area contributed by atoms with E-state index >= 15 is 0 Å². The third kappa shape index (κ3) is 4.95. The van der Waals surface area contributed by atoms with Crippen LogP contribution in [0.4, 0.5) is 24.8 Å². The van der Waals surface area contributed by atoms with Crippen molar-refractivity contribution in [3.8, 4) is 11.3 Å². The fraction of sp³-hybridized carbons (Fsp3) is 0.0476. The lowest BCUT2D eigenvalue weighted by Gasteiger charge is -2.07.